The summed E-state index contributed by atoms with van der Waals surface area (Å²) in [7, 11) is 0. The van der Waals surface area contributed by atoms with Crippen LogP contribution in [0.5, 0.6) is 0 Å². The van der Waals surface area contributed by atoms with Crippen LogP contribution in [0.2, 0.25) is 0 Å². The van der Waals surface area contributed by atoms with E-state index >= 15 is 0 Å². The maximum absolute atomic E-state index is 11.9. The van der Waals surface area contributed by atoms with Gasteiger partial charge in [0, 0.05) is 18.3 Å². The van der Waals surface area contributed by atoms with Crippen LogP contribution in [0.1, 0.15) is 27.7 Å². The second-order valence-electron chi connectivity index (χ2n) is 5.30. The van der Waals surface area contributed by atoms with Crippen molar-refractivity contribution in [1.29, 1.82) is 0 Å². The number of carbonyl (C=O) groups is 1. The molecule has 4 heteroatoms. The number of imidazole rings is 1. The van der Waals surface area contributed by atoms with Gasteiger partial charge in [-0.15, -0.1) is 0 Å². The van der Waals surface area contributed by atoms with E-state index < -0.39 is 0 Å². The van der Waals surface area contributed by atoms with Crippen LogP contribution >= 0.6 is 0 Å². The van der Waals surface area contributed by atoms with E-state index in [1.807, 2.05) is 0 Å². The van der Waals surface area contributed by atoms with Crippen molar-refractivity contribution in [2.75, 3.05) is 5.32 Å². The first-order valence-electron chi connectivity index (χ1n) is 5.17. The van der Waals surface area contributed by atoms with Gasteiger partial charge >= 0.3 is 0 Å². The van der Waals surface area contributed by atoms with Crippen molar-refractivity contribution < 1.29 is 4.79 Å². The Bertz CT molecular complexity index is 365. The van der Waals surface area contributed by atoms with Gasteiger partial charge in [0.05, 0.1) is 0 Å². The molecule has 1 aliphatic carbocycles. The minimum atomic E-state index is 0.0555. The fourth-order valence-electron chi connectivity index (χ4n) is 2.37. The molecule has 4 nitrogen and oxygen atoms in total. The number of H-pyrrole nitrogens is 1. The molecule has 0 spiro atoms. The van der Waals surface area contributed by atoms with Crippen molar-refractivity contribution in [2.45, 2.75) is 27.7 Å². The smallest absolute Gasteiger partial charge is 0.230 e. The fraction of sp³-hybridized carbons (Fsp3) is 0.636. The van der Waals surface area contributed by atoms with Crippen LogP contribution in [0.4, 0.5) is 5.95 Å². The van der Waals surface area contributed by atoms with Crippen LogP contribution < -0.4 is 5.32 Å². The SMILES string of the molecule is CC1(C)C(C(=O)Nc2ncc[nH]2)C1(C)C. The molecule has 0 saturated heterocycles. The molecular weight excluding hydrogens is 190 g/mol. The minimum absolute atomic E-state index is 0.0555. The van der Waals surface area contributed by atoms with Crippen molar-refractivity contribution >= 4 is 11.9 Å². The van der Waals surface area contributed by atoms with E-state index in [9.17, 15) is 4.79 Å². The summed E-state index contributed by atoms with van der Waals surface area (Å²) in [6.07, 6.45) is 3.32. The Hall–Kier alpha value is -1.32. The number of carbonyl (C=O) groups excluding carboxylic acids is 1. The average Bonchev–Trinajstić information content (AvgIpc) is 2.53. The maximum atomic E-state index is 11.9. The van der Waals surface area contributed by atoms with E-state index in [4.69, 9.17) is 0 Å². The second-order valence-corrected chi connectivity index (χ2v) is 5.30. The molecule has 0 atom stereocenters. The molecule has 82 valence electrons. The van der Waals surface area contributed by atoms with Crippen molar-refractivity contribution in [3.8, 4) is 0 Å². The summed E-state index contributed by atoms with van der Waals surface area (Å²) in [4.78, 5) is 18.8. The zero-order valence-corrected chi connectivity index (χ0v) is 9.59. The van der Waals surface area contributed by atoms with Gasteiger partial charge in [-0.05, 0) is 10.8 Å². The van der Waals surface area contributed by atoms with E-state index in [2.05, 4.69) is 43.0 Å². The van der Waals surface area contributed by atoms with Gasteiger partial charge in [-0.1, -0.05) is 27.7 Å². The molecule has 15 heavy (non-hydrogen) atoms. The molecule has 1 aliphatic rings. The Kier molecular flexibility index (Phi) is 1.93. The first-order chi connectivity index (χ1) is 6.87. The van der Waals surface area contributed by atoms with E-state index in [1.54, 1.807) is 12.4 Å². The molecule has 0 radical (unpaired) electrons. The van der Waals surface area contributed by atoms with Crippen LogP contribution in [0.3, 0.4) is 0 Å². The van der Waals surface area contributed by atoms with Crippen molar-refractivity contribution in [3.63, 3.8) is 0 Å². The molecule has 0 aliphatic heterocycles. The number of nitrogens with one attached hydrogen (secondary N) is 2. The largest absolute Gasteiger partial charge is 0.331 e. The van der Waals surface area contributed by atoms with Crippen LogP contribution in [0, 0.1) is 16.7 Å². The van der Waals surface area contributed by atoms with Crippen molar-refractivity contribution in [3.05, 3.63) is 12.4 Å². The lowest BCUT2D eigenvalue weighted by Gasteiger charge is -2.03. The van der Waals surface area contributed by atoms with Gasteiger partial charge in [0.2, 0.25) is 11.9 Å². The Balaban J connectivity index is 2.06. The van der Waals surface area contributed by atoms with E-state index in [1.165, 1.54) is 0 Å². The number of anilines is 1. The van der Waals surface area contributed by atoms with Crippen LogP contribution in [0.25, 0.3) is 0 Å². The van der Waals surface area contributed by atoms with Crippen molar-refractivity contribution in [1.82, 2.24) is 9.97 Å². The van der Waals surface area contributed by atoms with Gasteiger partial charge in [0.15, 0.2) is 0 Å². The van der Waals surface area contributed by atoms with E-state index in [0.29, 0.717) is 5.95 Å². The summed E-state index contributed by atoms with van der Waals surface area (Å²) in [5.41, 5.74) is 0.146. The molecule has 1 heterocycles. The lowest BCUT2D eigenvalue weighted by atomic mass is 10.0. The zero-order chi connectivity index (χ0) is 11.3. The summed E-state index contributed by atoms with van der Waals surface area (Å²) >= 11 is 0. The third-order valence-electron chi connectivity index (χ3n) is 4.02. The molecule has 0 unspecified atom stereocenters. The summed E-state index contributed by atoms with van der Waals surface area (Å²) in [5.74, 6) is 0.647. The molecule has 1 fully saturated rings. The number of nitrogens with zero attached hydrogens (tertiary/aromatic N) is 1. The quantitative estimate of drug-likeness (QED) is 0.779. The number of amides is 1. The van der Waals surface area contributed by atoms with Gasteiger partial charge in [-0.25, -0.2) is 4.98 Å². The number of aromatic amines is 1. The molecule has 1 saturated carbocycles. The Morgan fingerprint density at radius 3 is 2.40 bits per heavy atom. The predicted molar refractivity (Wildman–Crippen MR) is 58.3 cm³/mol. The number of rotatable bonds is 2. The lowest BCUT2D eigenvalue weighted by Crippen LogP contribution is -2.18. The summed E-state index contributed by atoms with van der Waals surface area (Å²) in [6, 6.07) is 0. The highest BCUT2D eigenvalue weighted by molar-refractivity contribution is 5.94. The fourth-order valence-corrected chi connectivity index (χ4v) is 2.37. The van der Waals surface area contributed by atoms with E-state index in [0.717, 1.165) is 0 Å². The topological polar surface area (TPSA) is 57.8 Å². The molecule has 0 aromatic carbocycles. The monoisotopic (exact) mass is 207 g/mol. The predicted octanol–water partition coefficient (Wildman–Crippen LogP) is 2.03. The first kappa shape index (κ1) is 10.2. The summed E-state index contributed by atoms with van der Waals surface area (Å²) < 4.78 is 0. The number of hydrogen-bond acceptors (Lipinski definition) is 2. The normalized spacial score (nSPS) is 22.4. The molecule has 1 aromatic rings. The van der Waals surface area contributed by atoms with Crippen molar-refractivity contribution in [2.24, 2.45) is 16.7 Å². The maximum Gasteiger partial charge on any atom is 0.230 e. The van der Waals surface area contributed by atoms with Crippen LogP contribution in [-0.4, -0.2) is 15.9 Å². The third-order valence-corrected chi connectivity index (χ3v) is 4.02. The Labute approximate surface area is 89.5 Å². The molecule has 1 aromatic heterocycles. The van der Waals surface area contributed by atoms with Crippen LogP contribution in [-0.2, 0) is 4.79 Å². The Morgan fingerprint density at radius 1 is 1.40 bits per heavy atom. The van der Waals surface area contributed by atoms with Gasteiger partial charge < -0.3 is 4.98 Å². The van der Waals surface area contributed by atoms with E-state index in [-0.39, 0.29) is 22.7 Å². The van der Waals surface area contributed by atoms with Gasteiger partial charge in [0.25, 0.3) is 0 Å². The Morgan fingerprint density at radius 2 is 2.00 bits per heavy atom. The third kappa shape index (κ3) is 1.35. The van der Waals surface area contributed by atoms with Gasteiger partial charge in [-0.3, -0.25) is 10.1 Å². The number of aromatic nitrogens is 2. The number of hydrogen-bond donors (Lipinski definition) is 2. The standard InChI is InChI=1S/C11H17N3O/c1-10(2)7(11(10,3)4)8(15)14-9-12-5-6-13-9/h5-7H,1-4H3,(H2,12,13,14,15). The zero-order valence-electron chi connectivity index (χ0n) is 9.59. The highest BCUT2D eigenvalue weighted by Gasteiger charge is 2.68. The highest BCUT2D eigenvalue weighted by atomic mass is 16.2. The summed E-state index contributed by atoms with van der Waals surface area (Å²) in [6.45, 7) is 8.50. The average molecular weight is 207 g/mol. The minimum Gasteiger partial charge on any atom is -0.331 e. The summed E-state index contributed by atoms with van der Waals surface area (Å²) in [5, 5.41) is 2.79. The molecule has 1 amide bonds. The molecule has 2 rings (SSSR count). The first-order valence-corrected chi connectivity index (χ1v) is 5.17. The highest BCUT2D eigenvalue weighted by Crippen LogP contribution is 2.68. The second kappa shape index (κ2) is 2.84. The molecular formula is C11H17N3O. The van der Waals surface area contributed by atoms with Gasteiger partial charge in [-0.2, -0.15) is 0 Å². The van der Waals surface area contributed by atoms with Gasteiger partial charge in [0.1, 0.15) is 0 Å². The molecule has 0 bridgehead atoms. The molecule has 2 N–H and O–H groups in total. The lowest BCUT2D eigenvalue weighted by molar-refractivity contribution is -0.118. The van der Waals surface area contributed by atoms with Crippen LogP contribution in [0.15, 0.2) is 12.4 Å².